The normalized spacial score (nSPS) is 11.1. The molecule has 1 N–H and O–H groups in total. The van der Waals surface area contributed by atoms with Crippen molar-refractivity contribution in [2.45, 2.75) is 6.42 Å². The van der Waals surface area contributed by atoms with Gasteiger partial charge in [-0.1, -0.05) is 28.9 Å². The van der Waals surface area contributed by atoms with Crippen LogP contribution in [0.3, 0.4) is 0 Å². The van der Waals surface area contributed by atoms with E-state index in [4.69, 9.17) is 16.1 Å². The smallest absolute Gasteiger partial charge is 0.228 e. The predicted octanol–water partition coefficient (Wildman–Crippen LogP) is 2.72. The van der Waals surface area contributed by atoms with Gasteiger partial charge in [0.15, 0.2) is 5.65 Å². The van der Waals surface area contributed by atoms with Gasteiger partial charge in [0, 0.05) is 36.8 Å². The lowest BCUT2D eigenvalue weighted by Gasteiger charge is -2.03. The lowest BCUT2D eigenvalue weighted by Crippen LogP contribution is -2.07. The number of anilines is 1. The maximum Gasteiger partial charge on any atom is 0.228 e. The molecule has 0 spiro atoms. The fourth-order valence-corrected chi connectivity index (χ4v) is 2.67. The Morgan fingerprint density at radius 2 is 2.20 bits per heavy atom. The Bertz CT molecular complexity index is 1030. The first-order valence-corrected chi connectivity index (χ1v) is 8.03. The number of aryl methyl sites for hydroxylation is 1. The van der Waals surface area contributed by atoms with Crippen molar-refractivity contribution in [1.29, 1.82) is 0 Å². The highest BCUT2D eigenvalue weighted by atomic mass is 35.5. The second-order valence-electron chi connectivity index (χ2n) is 5.46. The molecule has 0 bridgehead atoms. The average Bonchev–Trinajstić information content (AvgIpc) is 3.21. The van der Waals surface area contributed by atoms with Gasteiger partial charge < -0.3 is 9.84 Å². The van der Waals surface area contributed by atoms with Crippen molar-refractivity contribution >= 4 is 28.5 Å². The monoisotopic (exact) mass is 355 g/mol. The topological polar surface area (TPSA) is 94.6 Å². The number of halogens is 1. The molecule has 8 nitrogen and oxygen atoms in total. The van der Waals surface area contributed by atoms with Crippen molar-refractivity contribution in [3.05, 3.63) is 47.7 Å². The minimum atomic E-state index is 0.522. The summed E-state index contributed by atoms with van der Waals surface area (Å²) in [5.74, 6) is 1.79. The van der Waals surface area contributed by atoms with E-state index in [-0.39, 0.29) is 0 Å². The lowest BCUT2D eigenvalue weighted by atomic mass is 10.2. The van der Waals surface area contributed by atoms with Gasteiger partial charge >= 0.3 is 0 Å². The number of benzene rings is 1. The molecule has 126 valence electrons. The van der Waals surface area contributed by atoms with Gasteiger partial charge in [-0.25, -0.2) is 9.97 Å². The van der Waals surface area contributed by atoms with Crippen LogP contribution in [0.25, 0.3) is 22.4 Å². The van der Waals surface area contributed by atoms with Crippen molar-refractivity contribution in [2.75, 3.05) is 11.9 Å². The molecule has 4 aromatic rings. The highest BCUT2D eigenvalue weighted by Gasteiger charge is 2.10. The molecule has 0 unspecified atom stereocenters. The quantitative estimate of drug-likeness (QED) is 0.588. The summed E-state index contributed by atoms with van der Waals surface area (Å²) >= 11 is 5.99. The van der Waals surface area contributed by atoms with Crippen molar-refractivity contribution in [3.63, 3.8) is 0 Å². The summed E-state index contributed by atoms with van der Waals surface area (Å²) in [6.07, 6.45) is 3.93. The molecule has 0 aliphatic heterocycles. The van der Waals surface area contributed by atoms with Gasteiger partial charge in [0.05, 0.1) is 5.39 Å². The van der Waals surface area contributed by atoms with E-state index in [1.54, 1.807) is 16.8 Å². The highest BCUT2D eigenvalue weighted by molar-refractivity contribution is 6.30. The number of hydrogen-bond acceptors (Lipinski definition) is 7. The third-order valence-corrected chi connectivity index (χ3v) is 3.85. The van der Waals surface area contributed by atoms with Crippen LogP contribution in [0, 0.1) is 0 Å². The summed E-state index contributed by atoms with van der Waals surface area (Å²) in [6, 6.07) is 7.34. The van der Waals surface area contributed by atoms with Gasteiger partial charge in [-0.05, 0) is 12.1 Å². The first-order chi connectivity index (χ1) is 12.2. The zero-order valence-electron chi connectivity index (χ0n) is 13.3. The molecule has 0 aliphatic rings. The first kappa shape index (κ1) is 15.5. The number of aromatic nitrogens is 6. The van der Waals surface area contributed by atoms with E-state index in [0.717, 1.165) is 16.8 Å². The highest BCUT2D eigenvalue weighted by Crippen LogP contribution is 2.20. The van der Waals surface area contributed by atoms with Crippen LogP contribution in [-0.2, 0) is 13.5 Å². The maximum absolute atomic E-state index is 5.99. The third-order valence-electron chi connectivity index (χ3n) is 3.61. The van der Waals surface area contributed by atoms with Crippen LogP contribution in [0.15, 0.2) is 41.3 Å². The van der Waals surface area contributed by atoms with E-state index < -0.39 is 0 Å². The molecule has 1 aromatic carbocycles. The van der Waals surface area contributed by atoms with Gasteiger partial charge in [-0.3, -0.25) is 4.68 Å². The van der Waals surface area contributed by atoms with Gasteiger partial charge in [0.2, 0.25) is 11.7 Å². The molecule has 3 heterocycles. The van der Waals surface area contributed by atoms with Crippen molar-refractivity contribution < 1.29 is 4.52 Å². The summed E-state index contributed by atoms with van der Waals surface area (Å²) in [4.78, 5) is 12.8. The Morgan fingerprint density at radius 1 is 1.28 bits per heavy atom. The number of rotatable bonds is 5. The van der Waals surface area contributed by atoms with E-state index >= 15 is 0 Å². The van der Waals surface area contributed by atoms with E-state index in [0.29, 0.717) is 35.4 Å². The molecule has 3 aromatic heterocycles. The molecule has 0 saturated carbocycles. The number of nitrogens with zero attached hydrogens (tertiary/aromatic N) is 6. The first-order valence-electron chi connectivity index (χ1n) is 7.66. The Kier molecular flexibility index (Phi) is 4.02. The molecular weight excluding hydrogens is 342 g/mol. The SMILES string of the molecule is Cn1cc2c(NCCc3nc(-c4cccc(Cl)c4)no3)ncnc2n1. The Balaban J connectivity index is 1.43. The fraction of sp³-hybridized carbons (Fsp3) is 0.188. The second kappa shape index (κ2) is 6.48. The Labute approximate surface area is 147 Å². The second-order valence-corrected chi connectivity index (χ2v) is 5.90. The predicted molar refractivity (Wildman–Crippen MR) is 93.2 cm³/mol. The molecule has 0 aliphatic carbocycles. The molecule has 0 fully saturated rings. The zero-order chi connectivity index (χ0) is 17.2. The molecule has 9 heteroatoms. The Hall–Kier alpha value is -3.00. The maximum atomic E-state index is 5.99. The van der Waals surface area contributed by atoms with Crippen LogP contribution in [-0.4, -0.2) is 36.4 Å². The Morgan fingerprint density at radius 3 is 3.08 bits per heavy atom. The minimum absolute atomic E-state index is 0.522. The molecule has 0 atom stereocenters. The largest absolute Gasteiger partial charge is 0.369 e. The number of fused-ring (bicyclic) bond motifs is 1. The summed E-state index contributed by atoms with van der Waals surface area (Å²) < 4.78 is 7.00. The van der Waals surface area contributed by atoms with Gasteiger partial charge in [0.1, 0.15) is 12.1 Å². The summed E-state index contributed by atoms with van der Waals surface area (Å²) in [7, 11) is 1.85. The van der Waals surface area contributed by atoms with Crippen molar-refractivity contribution in [1.82, 2.24) is 29.9 Å². The summed E-state index contributed by atoms with van der Waals surface area (Å²) in [5.41, 5.74) is 1.48. The van der Waals surface area contributed by atoms with Crippen molar-refractivity contribution in [2.24, 2.45) is 7.05 Å². The van der Waals surface area contributed by atoms with E-state index in [9.17, 15) is 0 Å². The van der Waals surface area contributed by atoms with Crippen LogP contribution in [0.2, 0.25) is 5.02 Å². The lowest BCUT2D eigenvalue weighted by molar-refractivity contribution is 0.381. The summed E-state index contributed by atoms with van der Waals surface area (Å²) in [6.45, 7) is 0.595. The molecule has 4 rings (SSSR count). The standard InChI is InChI=1S/C16H14ClN7O/c1-24-8-12-15(19-9-20-16(12)22-24)18-6-5-13-21-14(23-25-13)10-3-2-4-11(17)7-10/h2-4,7-9H,5-6H2,1H3,(H,18,19,20,22). The van der Waals surface area contributed by atoms with Gasteiger partial charge in [0.25, 0.3) is 0 Å². The minimum Gasteiger partial charge on any atom is -0.369 e. The van der Waals surface area contributed by atoms with E-state index in [2.05, 4.69) is 30.5 Å². The molecular formula is C16H14ClN7O. The zero-order valence-corrected chi connectivity index (χ0v) is 14.1. The van der Waals surface area contributed by atoms with E-state index in [1.807, 2.05) is 25.4 Å². The molecule has 0 saturated heterocycles. The average molecular weight is 356 g/mol. The van der Waals surface area contributed by atoms with Crippen LogP contribution in [0.5, 0.6) is 0 Å². The summed E-state index contributed by atoms with van der Waals surface area (Å²) in [5, 5.41) is 13.0. The number of hydrogen-bond donors (Lipinski definition) is 1. The molecule has 0 amide bonds. The number of nitrogens with one attached hydrogen (secondary N) is 1. The molecule has 25 heavy (non-hydrogen) atoms. The van der Waals surface area contributed by atoms with Crippen molar-refractivity contribution in [3.8, 4) is 11.4 Å². The van der Waals surface area contributed by atoms with Crippen LogP contribution < -0.4 is 5.32 Å². The van der Waals surface area contributed by atoms with Crippen LogP contribution >= 0.6 is 11.6 Å². The van der Waals surface area contributed by atoms with Gasteiger partial charge in [-0.2, -0.15) is 10.1 Å². The van der Waals surface area contributed by atoms with E-state index in [1.165, 1.54) is 6.33 Å². The fourth-order valence-electron chi connectivity index (χ4n) is 2.48. The molecule has 0 radical (unpaired) electrons. The third kappa shape index (κ3) is 3.29. The van der Waals surface area contributed by atoms with Crippen LogP contribution in [0.1, 0.15) is 5.89 Å². The van der Waals surface area contributed by atoms with Crippen LogP contribution in [0.4, 0.5) is 5.82 Å². The van der Waals surface area contributed by atoms with Gasteiger partial charge in [-0.15, -0.1) is 0 Å².